The molecule has 5 nitrogen and oxygen atoms in total. The van der Waals surface area contributed by atoms with E-state index in [1.165, 1.54) is 0 Å². The smallest absolute Gasteiger partial charge is 0.407 e. The maximum Gasteiger partial charge on any atom is 0.407 e. The number of hydrogen-bond donors (Lipinski definition) is 2. The number of alkyl carbamates (subject to hydrolysis) is 1. The van der Waals surface area contributed by atoms with Crippen molar-refractivity contribution >= 4 is 12.5 Å². The fourth-order valence-electron chi connectivity index (χ4n) is 3.63. The molecule has 2 amide bonds. The van der Waals surface area contributed by atoms with Gasteiger partial charge in [0.15, 0.2) is 0 Å². The molecular formula is C16H30N2O3. The van der Waals surface area contributed by atoms with Crippen molar-refractivity contribution in [3.05, 3.63) is 0 Å². The van der Waals surface area contributed by atoms with Gasteiger partial charge in [-0.2, -0.15) is 0 Å². The maximum absolute atomic E-state index is 11.7. The van der Waals surface area contributed by atoms with Crippen molar-refractivity contribution in [3.63, 3.8) is 0 Å². The van der Waals surface area contributed by atoms with Crippen molar-refractivity contribution in [2.75, 3.05) is 13.2 Å². The third-order valence-electron chi connectivity index (χ3n) is 4.14. The van der Waals surface area contributed by atoms with E-state index in [1.54, 1.807) is 0 Å². The zero-order chi connectivity index (χ0) is 15.9. The first-order chi connectivity index (χ1) is 9.80. The fraction of sp³-hybridized carbons (Fsp3) is 0.875. The number of amides is 2. The van der Waals surface area contributed by atoms with Crippen LogP contribution < -0.4 is 10.6 Å². The van der Waals surface area contributed by atoms with Crippen LogP contribution in [0.4, 0.5) is 4.79 Å². The summed E-state index contributed by atoms with van der Waals surface area (Å²) in [6, 6.07) is 0.175. The molecule has 0 bridgehead atoms. The predicted molar refractivity (Wildman–Crippen MR) is 83.0 cm³/mol. The van der Waals surface area contributed by atoms with E-state index in [0.29, 0.717) is 13.2 Å². The zero-order valence-corrected chi connectivity index (χ0v) is 13.8. The van der Waals surface area contributed by atoms with Crippen LogP contribution in [0.3, 0.4) is 0 Å². The van der Waals surface area contributed by atoms with Gasteiger partial charge >= 0.3 is 6.09 Å². The topological polar surface area (TPSA) is 67.4 Å². The molecule has 1 aliphatic rings. The second kappa shape index (κ2) is 7.66. The summed E-state index contributed by atoms with van der Waals surface area (Å²) in [6.07, 6.45) is 5.21. The number of hydrogen-bond acceptors (Lipinski definition) is 3. The summed E-state index contributed by atoms with van der Waals surface area (Å²) in [5.74, 6) is 0. The minimum atomic E-state index is -0.340. The molecule has 0 radical (unpaired) electrons. The molecule has 21 heavy (non-hydrogen) atoms. The minimum absolute atomic E-state index is 0.0216. The fourth-order valence-corrected chi connectivity index (χ4v) is 3.63. The van der Waals surface area contributed by atoms with Crippen LogP contribution >= 0.6 is 0 Å². The van der Waals surface area contributed by atoms with Crippen LogP contribution in [0.1, 0.15) is 59.8 Å². The third-order valence-corrected chi connectivity index (χ3v) is 4.14. The third kappa shape index (κ3) is 6.36. The SMILES string of the molecule is CCCCOC(=O)NCC1(C)CC(NC=O)CC(C)(C)C1. The molecular weight excluding hydrogens is 268 g/mol. The van der Waals surface area contributed by atoms with E-state index in [2.05, 4.69) is 38.3 Å². The Kier molecular flexibility index (Phi) is 6.49. The molecule has 0 aromatic carbocycles. The molecule has 2 unspecified atom stereocenters. The van der Waals surface area contributed by atoms with Crippen molar-refractivity contribution in [3.8, 4) is 0 Å². The molecule has 0 spiro atoms. The van der Waals surface area contributed by atoms with E-state index in [0.717, 1.165) is 38.5 Å². The number of rotatable bonds is 7. The van der Waals surface area contributed by atoms with E-state index in [-0.39, 0.29) is 23.0 Å². The molecule has 1 rings (SSSR count). The highest BCUT2D eigenvalue weighted by Crippen LogP contribution is 2.45. The number of nitrogens with one attached hydrogen (secondary N) is 2. The quantitative estimate of drug-likeness (QED) is 0.561. The van der Waals surface area contributed by atoms with Crippen LogP contribution in [0.25, 0.3) is 0 Å². The molecule has 5 heteroatoms. The average Bonchev–Trinajstić information content (AvgIpc) is 2.35. The van der Waals surface area contributed by atoms with E-state index in [4.69, 9.17) is 4.74 Å². The number of carbonyl (C=O) groups is 2. The van der Waals surface area contributed by atoms with Gasteiger partial charge in [-0.15, -0.1) is 0 Å². The Balaban J connectivity index is 2.50. The highest BCUT2D eigenvalue weighted by molar-refractivity contribution is 5.67. The van der Waals surface area contributed by atoms with Gasteiger partial charge in [-0.1, -0.05) is 34.1 Å². The van der Waals surface area contributed by atoms with Crippen molar-refractivity contribution in [2.45, 2.75) is 65.8 Å². The molecule has 0 heterocycles. The van der Waals surface area contributed by atoms with Gasteiger partial charge in [0.1, 0.15) is 0 Å². The first-order valence-corrected chi connectivity index (χ1v) is 7.90. The van der Waals surface area contributed by atoms with Crippen LogP contribution in [-0.2, 0) is 9.53 Å². The molecule has 0 aliphatic heterocycles. The Morgan fingerprint density at radius 2 is 2.05 bits per heavy atom. The highest BCUT2D eigenvalue weighted by atomic mass is 16.5. The summed E-state index contributed by atoms with van der Waals surface area (Å²) in [4.78, 5) is 22.4. The standard InChI is InChI=1S/C16H30N2O3/c1-5-6-7-21-14(20)17-11-16(4)9-13(18-12-19)8-15(2,3)10-16/h12-13H,5-11H2,1-4H3,(H,17,20)(H,18,19). The van der Waals surface area contributed by atoms with Crippen molar-refractivity contribution in [2.24, 2.45) is 10.8 Å². The van der Waals surface area contributed by atoms with Gasteiger partial charge in [0.2, 0.25) is 6.41 Å². The summed E-state index contributed by atoms with van der Waals surface area (Å²) in [5.41, 5.74) is 0.133. The Morgan fingerprint density at radius 1 is 1.33 bits per heavy atom. The van der Waals surface area contributed by atoms with Gasteiger partial charge in [-0.05, 0) is 36.5 Å². The van der Waals surface area contributed by atoms with Crippen LogP contribution in [0.2, 0.25) is 0 Å². The molecule has 1 fully saturated rings. The normalized spacial score (nSPS) is 27.7. The molecule has 0 aromatic rings. The second-order valence-corrected chi connectivity index (χ2v) is 7.38. The summed E-state index contributed by atoms with van der Waals surface area (Å²) in [6.45, 7) is 9.71. The number of unbranched alkanes of at least 4 members (excludes halogenated alkanes) is 1. The van der Waals surface area contributed by atoms with Gasteiger partial charge in [0.05, 0.1) is 6.61 Å². The lowest BCUT2D eigenvalue weighted by Crippen LogP contribution is -2.49. The number of carbonyl (C=O) groups excluding carboxylic acids is 2. The van der Waals surface area contributed by atoms with Crippen LogP contribution in [0, 0.1) is 10.8 Å². The van der Waals surface area contributed by atoms with Crippen molar-refractivity contribution in [1.29, 1.82) is 0 Å². The van der Waals surface area contributed by atoms with Crippen LogP contribution in [0.5, 0.6) is 0 Å². The van der Waals surface area contributed by atoms with Crippen molar-refractivity contribution < 1.29 is 14.3 Å². The summed E-state index contributed by atoms with van der Waals surface area (Å²) in [7, 11) is 0. The lowest BCUT2D eigenvalue weighted by molar-refractivity contribution is -0.111. The number of ether oxygens (including phenoxy) is 1. The highest BCUT2D eigenvalue weighted by Gasteiger charge is 2.41. The van der Waals surface area contributed by atoms with Crippen molar-refractivity contribution in [1.82, 2.24) is 10.6 Å². The summed E-state index contributed by atoms with van der Waals surface area (Å²) >= 11 is 0. The molecule has 2 N–H and O–H groups in total. The molecule has 2 atom stereocenters. The maximum atomic E-state index is 11.7. The Bertz CT molecular complexity index is 357. The lowest BCUT2D eigenvalue weighted by atomic mass is 9.62. The Labute approximate surface area is 128 Å². The molecule has 0 aromatic heterocycles. The monoisotopic (exact) mass is 298 g/mol. The Hall–Kier alpha value is -1.26. The second-order valence-electron chi connectivity index (χ2n) is 7.38. The van der Waals surface area contributed by atoms with E-state index >= 15 is 0 Å². The van der Waals surface area contributed by atoms with Gasteiger partial charge < -0.3 is 15.4 Å². The largest absolute Gasteiger partial charge is 0.450 e. The predicted octanol–water partition coefficient (Wildman–Crippen LogP) is 2.84. The van der Waals surface area contributed by atoms with E-state index in [1.807, 2.05) is 0 Å². The first kappa shape index (κ1) is 17.8. The first-order valence-electron chi connectivity index (χ1n) is 7.90. The summed E-state index contributed by atoms with van der Waals surface area (Å²) in [5, 5.41) is 5.78. The Morgan fingerprint density at radius 3 is 2.67 bits per heavy atom. The lowest BCUT2D eigenvalue weighted by Gasteiger charge is -2.46. The summed E-state index contributed by atoms with van der Waals surface area (Å²) < 4.78 is 5.12. The van der Waals surface area contributed by atoms with Gasteiger partial charge in [0.25, 0.3) is 0 Å². The van der Waals surface area contributed by atoms with Gasteiger partial charge in [-0.25, -0.2) is 4.79 Å². The zero-order valence-electron chi connectivity index (χ0n) is 13.8. The molecule has 122 valence electrons. The van der Waals surface area contributed by atoms with Gasteiger partial charge in [-0.3, -0.25) is 4.79 Å². The van der Waals surface area contributed by atoms with E-state index < -0.39 is 0 Å². The average molecular weight is 298 g/mol. The molecule has 0 saturated heterocycles. The van der Waals surface area contributed by atoms with Crippen LogP contribution in [0.15, 0.2) is 0 Å². The van der Waals surface area contributed by atoms with E-state index in [9.17, 15) is 9.59 Å². The van der Waals surface area contributed by atoms with Crippen LogP contribution in [-0.4, -0.2) is 31.7 Å². The minimum Gasteiger partial charge on any atom is -0.450 e. The van der Waals surface area contributed by atoms with Gasteiger partial charge in [0, 0.05) is 12.6 Å². The molecule has 1 aliphatic carbocycles. The molecule has 1 saturated carbocycles.